The van der Waals surface area contributed by atoms with Crippen molar-refractivity contribution in [3.05, 3.63) is 35.4 Å². The summed E-state index contributed by atoms with van der Waals surface area (Å²) >= 11 is 0. The number of likely N-dealkylation sites (tertiary alicyclic amines) is 1. The largest absolute Gasteiger partial charge is 0.444 e. The Morgan fingerprint density at radius 1 is 1.14 bits per heavy atom. The van der Waals surface area contributed by atoms with E-state index in [9.17, 15) is 27.6 Å². The van der Waals surface area contributed by atoms with E-state index in [4.69, 9.17) is 9.47 Å². The number of methoxy groups -OCH3 is 1. The molecule has 194 valence electrons. The number of carbonyl (C=O) groups is 3. The van der Waals surface area contributed by atoms with Gasteiger partial charge in [0.2, 0.25) is 5.91 Å². The van der Waals surface area contributed by atoms with Gasteiger partial charge in [0, 0.05) is 37.7 Å². The smallest absolute Gasteiger partial charge is 0.416 e. The molecule has 11 heteroatoms. The maximum atomic E-state index is 12.9. The van der Waals surface area contributed by atoms with Crippen molar-refractivity contribution in [2.24, 2.45) is 17.8 Å². The van der Waals surface area contributed by atoms with E-state index in [1.54, 1.807) is 12.0 Å². The summed E-state index contributed by atoms with van der Waals surface area (Å²) in [5.41, 5.74) is -1.70. The van der Waals surface area contributed by atoms with Crippen LogP contribution < -0.4 is 10.6 Å². The Hall–Kier alpha value is -2.82. The van der Waals surface area contributed by atoms with Crippen LogP contribution in [-0.4, -0.2) is 67.8 Å². The topological polar surface area (TPSA) is 97.0 Å². The highest BCUT2D eigenvalue weighted by molar-refractivity contribution is 5.96. The lowest BCUT2D eigenvalue weighted by Crippen LogP contribution is -2.46. The number of nitrogens with zero attached hydrogens (tertiary/aromatic N) is 1. The molecule has 2 aliphatic rings. The third-order valence-corrected chi connectivity index (χ3v) is 6.33. The molecule has 2 N–H and O–H groups in total. The molecule has 3 rings (SSSR count). The Bertz CT molecular complexity index is 947. The number of benzene rings is 1. The van der Waals surface area contributed by atoms with Crippen LogP contribution in [0.1, 0.15) is 43.1 Å². The highest BCUT2D eigenvalue weighted by atomic mass is 19.4. The summed E-state index contributed by atoms with van der Waals surface area (Å²) in [6.07, 6.45) is -4.28. The molecule has 1 aromatic carbocycles. The highest BCUT2D eigenvalue weighted by Crippen LogP contribution is 2.43. The zero-order valence-corrected chi connectivity index (χ0v) is 20.3. The molecular formula is C24H32F3N3O5. The first-order valence-electron chi connectivity index (χ1n) is 11.5. The van der Waals surface area contributed by atoms with Crippen LogP contribution in [0.3, 0.4) is 0 Å². The molecular weight excluding hydrogens is 467 g/mol. The van der Waals surface area contributed by atoms with Crippen molar-refractivity contribution >= 4 is 17.9 Å². The summed E-state index contributed by atoms with van der Waals surface area (Å²) < 4.78 is 49.5. The van der Waals surface area contributed by atoms with Gasteiger partial charge in [-0.1, -0.05) is 6.07 Å². The van der Waals surface area contributed by atoms with E-state index in [1.807, 2.05) is 20.8 Å². The molecule has 0 spiro atoms. The summed E-state index contributed by atoms with van der Waals surface area (Å²) in [6.45, 7) is 6.49. The zero-order valence-electron chi connectivity index (χ0n) is 20.3. The molecule has 1 aliphatic heterocycles. The third kappa shape index (κ3) is 6.87. The summed E-state index contributed by atoms with van der Waals surface area (Å²) in [6, 6.07) is 3.82. The Kier molecular flexibility index (Phi) is 7.98. The second-order valence-corrected chi connectivity index (χ2v) is 10.1. The van der Waals surface area contributed by atoms with E-state index >= 15 is 0 Å². The lowest BCUT2D eigenvalue weighted by atomic mass is 9.92. The molecule has 1 aromatic rings. The van der Waals surface area contributed by atoms with E-state index < -0.39 is 29.2 Å². The molecule has 8 nitrogen and oxygen atoms in total. The fraction of sp³-hybridized carbons (Fsp3) is 0.625. The molecule has 0 radical (unpaired) electrons. The van der Waals surface area contributed by atoms with Crippen LogP contribution in [0.4, 0.5) is 18.0 Å². The van der Waals surface area contributed by atoms with Gasteiger partial charge in [-0.15, -0.1) is 0 Å². The van der Waals surface area contributed by atoms with Gasteiger partial charge >= 0.3 is 12.3 Å². The SMILES string of the molecule is COCC1C(NC(=O)CNC(=O)c2cccc(C(F)(F)F)c2)CC2CN(C(=O)OC(C)(C)C)CC21. The molecule has 1 saturated carbocycles. The molecule has 1 heterocycles. The van der Waals surface area contributed by atoms with E-state index in [1.165, 1.54) is 6.07 Å². The number of nitrogens with one attached hydrogen (secondary N) is 2. The molecule has 3 amide bonds. The van der Waals surface area contributed by atoms with Crippen LogP contribution in [0.2, 0.25) is 0 Å². The van der Waals surface area contributed by atoms with Crippen molar-refractivity contribution < 1.29 is 37.0 Å². The van der Waals surface area contributed by atoms with Gasteiger partial charge in [-0.05, 0) is 57.2 Å². The highest BCUT2D eigenvalue weighted by Gasteiger charge is 2.50. The second-order valence-electron chi connectivity index (χ2n) is 10.1. The Balaban J connectivity index is 1.54. The number of amides is 3. The average molecular weight is 500 g/mol. The van der Waals surface area contributed by atoms with Crippen LogP contribution in [0.15, 0.2) is 24.3 Å². The van der Waals surface area contributed by atoms with Gasteiger partial charge in [0.15, 0.2) is 0 Å². The number of fused-ring (bicyclic) bond motifs is 1. The van der Waals surface area contributed by atoms with Gasteiger partial charge in [0.1, 0.15) is 5.60 Å². The predicted octanol–water partition coefficient (Wildman–Crippen LogP) is 3.07. The number of ether oxygens (including phenoxy) is 2. The van der Waals surface area contributed by atoms with Crippen molar-refractivity contribution in [3.8, 4) is 0 Å². The summed E-state index contributed by atoms with van der Waals surface area (Å²) in [5, 5.41) is 5.29. The number of carbonyl (C=O) groups excluding carboxylic acids is 3. The van der Waals surface area contributed by atoms with E-state index in [-0.39, 0.29) is 42.0 Å². The minimum atomic E-state index is -4.57. The Labute approximate surface area is 202 Å². The summed E-state index contributed by atoms with van der Waals surface area (Å²) in [7, 11) is 1.57. The monoisotopic (exact) mass is 499 g/mol. The fourth-order valence-electron chi connectivity index (χ4n) is 4.86. The number of alkyl halides is 3. The standard InChI is InChI=1S/C24H32F3N3O5/c1-23(2,3)35-22(33)30-11-15-9-19(18(13-34-4)17(15)12-30)29-20(31)10-28-21(32)14-6-5-7-16(8-14)24(25,26)27/h5-8,15,17-19H,9-13H2,1-4H3,(H,28,32)(H,29,31). The van der Waals surface area contributed by atoms with Crippen molar-refractivity contribution in [1.82, 2.24) is 15.5 Å². The first-order valence-corrected chi connectivity index (χ1v) is 11.5. The number of hydrogen-bond donors (Lipinski definition) is 2. The molecule has 1 aliphatic carbocycles. The van der Waals surface area contributed by atoms with Gasteiger partial charge < -0.3 is 25.0 Å². The molecule has 2 fully saturated rings. The van der Waals surface area contributed by atoms with Gasteiger partial charge in [0.05, 0.1) is 18.7 Å². The first-order chi connectivity index (χ1) is 16.3. The van der Waals surface area contributed by atoms with Gasteiger partial charge in [-0.3, -0.25) is 9.59 Å². The van der Waals surface area contributed by atoms with E-state index in [0.29, 0.717) is 26.1 Å². The van der Waals surface area contributed by atoms with E-state index in [0.717, 1.165) is 18.2 Å². The van der Waals surface area contributed by atoms with Crippen LogP contribution >= 0.6 is 0 Å². The number of halogens is 3. The first kappa shape index (κ1) is 26.8. The fourth-order valence-corrected chi connectivity index (χ4v) is 4.86. The maximum absolute atomic E-state index is 12.9. The van der Waals surface area contributed by atoms with Crippen LogP contribution in [0.25, 0.3) is 0 Å². The van der Waals surface area contributed by atoms with Crippen LogP contribution in [0.5, 0.6) is 0 Å². The minimum absolute atomic E-state index is 0.0273. The molecule has 35 heavy (non-hydrogen) atoms. The van der Waals surface area contributed by atoms with Crippen molar-refractivity contribution in [2.75, 3.05) is 33.4 Å². The summed E-state index contributed by atoms with van der Waals surface area (Å²) in [5.74, 6) is -0.933. The van der Waals surface area contributed by atoms with Crippen molar-refractivity contribution in [3.63, 3.8) is 0 Å². The van der Waals surface area contributed by atoms with Crippen molar-refractivity contribution in [1.29, 1.82) is 0 Å². The Morgan fingerprint density at radius 2 is 1.86 bits per heavy atom. The molecule has 0 bridgehead atoms. The molecule has 4 atom stereocenters. The second kappa shape index (κ2) is 10.4. The third-order valence-electron chi connectivity index (χ3n) is 6.33. The maximum Gasteiger partial charge on any atom is 0.416 e. The lowest BCUT2D eigenvalue weighted by molar-refractivity contribution is -0.137. The Morgan fingerprint density at radius 3 is 2.49 bits per heavy atom. The quantitative estimate of drug-likeness (QED) is 0.627. The summed E-state index contributed by atoms with van der Waals surface area (Å²) in [4.78, 5) is 38.9. The van der Waals surface area contributed by atoms with Gasteiger partial charge in [-0.2, -0.15) is 13.2 Å². The number of hydrogen-bond acceptors (Lipinski definition) is 5. The van der Waals surface area contributed by atoms with Crippen LogP contribution in [-0.2, 0) is 20.4 Å². The van der Waals surface area contributed by atoms with Crippen LogP contribution in [0, 0.1) is 17.8 Å². The number of rotatable bonds is 6. The lowest BCUT2D eigenvalue weighted by Gasteiger charge is -2.28. The molecule has 4 unspecified atom stereocenters. The van der Waals surface area contributed by atoms with Crippen molar-refractivity contribution in [2.45, 2.75) is 45.0 Å². The minimum Gasteiger partial charge on any atom is -0.444 e. The average Bonchev–Trinajstić information content (AvgIpc) is 3.30. The van der Waals surface area contributed by atoms with E-state index in [2.05, 4.69) is 10.6 Å². The normalized spacial score (nSPS) is 24.1. The van der Waals surface area contributed by atoms with Gasteiger partial charge in [0.25, 0.3) is 5.91 Å². The zero-order chi connectivity index (χ0) is 26.0. The molecule has 1 saturated heterocycles. The predicted molar refractivity (Wildman–Crippen MR) is 120 cm³/mol. The van der Waals surface area contributed by atoms with Gasteiger partial charge in [-0.25, -0.2) is 4.79 Å². The molecule has 0 aromatic heterocycles.